The zero-order valence-corrected chi connectivity index (χ0v) is 18.8. The van der Waals surface area contributed by atoms with E-state index in [4.69, 9.17) is 4.74 Å². The Morgan fingerprint density at radius 3 is 2.45 bits per heavy atom. The second kappa shape index (κ2) is 8.05. The van der Waals surface area contributed by atoms with Gasteiger partial charge in [0, 0.05) is 23.4 Å². The Labute approximate surface area is 194 Å². The van der Waals surface area contributed by atoms with Crippen LogP contribution in [0.3, 0.4) is 0 Å². The summed E-state index contributed by atoms with van der Waals surface area (Å²) in [6.45, 7) is 0.374. The molecular weight excluding hydrogens is 414 g/mol. The summed E-state index contributed by atoms with van der Waals surface area (Å²) in [7, 11) is 0. The minimum Gasteiger partial charge on any atom is -0.392 e. The molecule has 3 saturated carbocycles. The normalized spacial score (nSPS) is 29.5. The van der Waals surface area contributed by atoms with Gasteiger partial charge in [0.2, 0.25) is 0 Å². The van der Waals surface area contributed by atoms with Gasteiger partial charge in [-0.05, 0) is 67.6 Å². The molecule has 3 fully saturated rings. The predicted molar refractivity (Wildman–Crippen MR) is 124 cm³/mol. The first-order valence-corrected chi connectivity index (χ1v) is 12.1. The Morgan fingerprint density at radius 2 is 1.70 bits per heavy atom. The van der Waals surface area contributed by atoms with Gasteiger partial charge in [0.05, 0.1) is 37.0 Å². The van der Waals surface area contributed by atoms with Crippen molar-refractivity contribution in [1.82, 2.24) is 14.5 Å². The summed E-state index contributed by atoms with van der Waals surface area (Å²) in [4.78, 5) is 8.48. The van der Waals surface area contributed by atoms with E-state index in [0.717, 1.165) is 49.8 Å². The number of benzene rings is 1. The molecule has 3 heterocycles. The number of aliphatic hydroxyl groups excluding tert-OH is 2. The fourth-order valence-electron chi connectivity index (χ4n) is 6.58. The Balaban J connectivity index is 1.13. The van der Waals surface area contributed by atoms with E-state index in [-0.39, 0.29) is 23.0 Å². The summed E-state index contributed by atoms with van der Waals surface area (Å²) in [6, 6.07) is 12.5. The van der Waals surface area contributed by atoms with Crippen LogP contribution < -0.4 is 0 Å². The number of pyridine rings is 1. The highest BCUT2D eigenvalue weighted by molar-refractivity contribution is 5.68. The second-order valence-corrected chi connectivity index (χ2v) is 10.3. The number of rotatable bonds is 7. The molecule has 1 aliphatic heterocycles. The molecule has 2 bridgehead atoms. The number of hydrogen-bond acceptors (Lipinski definition) is 5. The van der Waals surface area contributed by atoms with E-state index < -0.39 is 6.29 Å². The molecule has 1 aromatic carbocycles. The number of aliphatic hydroxyl groups is 2. The Hall–Kier alpha value is -2.54. The Bertz CT molecular complexity index is 1100. The summed E-state index contributed by atoms with van der Waals surface area (Å²) in [5.41, 5.74) is 4.36. The minimum atomic E-state index is -0.775. The third-order valence-corrected chi connectivity index (χ3v) is 8.77. The molecule has 2 N–H and O–H groups in total. The lowest BCUT2D eigenvalue weighted by Gasteiger charge is -2.56. The van der Waals surface area contributed by atoms with Crippen molar-refractivity contribution in [1.29, 1.82) is 0 Å². The third kappa shape index (κ3) is 3.43. The van der Waals surface area contributed by atoms with Crippen LogP contribution in [0.4, 0.5) is 0 Å². The summed E-state index contributed by atoms with van der Waals surface area (Å²) in [6.07, 6.45) is 12.4. The predicted octanol–water partition coefficient (Wildman–Crippen LogP) is 4.47. The zero-order valence-electron chi connectivity index (χ0n) is 18.8. The smallest absolute Gasteiger partial charge is 0.160 e. The molecule has 3 aliphatic carbocycles. The molecule has 0 saturated heterocycles. The monoisotopic (exact) mass is 445 g/mol. The third-order valence-electron chi connectivity index (χ3n) is 8.77. The first kappa shape index (κ1) is 21.0. The van der Waals surface area contributed by atoms with Crippen LogP contribution in [0.2, 0.25) is 0 Å². The van der Waals surface area contributed by atoms with E-state index in [1.165, 1.54) is 11.1 Å². The topological polar surface area (TPSA) is 80.4 Å². The van der Waals surface area contributed by atoms with Crippen LogP contribution in [0.25, 0.3) is 11.3 Å². The van der Waals surface area contributed by atoms with Gasteiger partial charge in [-0.15, -0.1) is 0 Å². The lowest BCUT2D eigenvalue weighted by atomic mass is 9.51. The molecule has 4 aliphatic rings. The lowest BCUT2D eigenvalue weighted by Crippen LogP contribution is -2.52. The molecule has 6 nitrogen and oxygen atoms in total. The van der Waals surface area contributed by atoms with E-state index in [1.54, 1.807) is 12.4 Å². The molecule has 172 valence electrons. The van der Waals surface area contributed by atoms with Crippen molar-refractivity contribution < 1.29 is 14.9 Å². The maximum Gasteiger partial charge on any atom is 0.160 e. The van der Waals surface area contributed by atoms with Gasteiger partial charge in [-0.1, -0.05) is 30.3 Å². The highest BCUT2D eigenvalue weighted by Crippen LogP contribution is 2.61. The number of ether oxygens (including phenoxy) is 1. The van der Waals surface area contributed by atoms with Crippen LogP contribution in [0.1, 0.15) is 62.1 Å². The van der Waals surface area contributed by atoms with Gasteiger partial charge in [-0.25, -0.2) is 4.98 Å². The molecule has 2 aromatic heterocycles. The second-order valence-electron chi connectivity index (χ2n) is 10.3. The molecule has 33 heavy (non-hydrogen) atoms. The first-order valence-electron chi connectivity index (χ1n) is 12.1. The quantitative estimate of drug-likeness (QED) is 0.525. The van der Waals surface area contributed by atoms with Crippen molar-refractivity contribution in [3.05, 3.63) is 72.4 Å². The van der Waals surface area contributed by atoms with E-state index in [2.05, 4.69) is 38.8 Å². The standard InChI is InChI=1S/C27H31N3O3/c31-24(14-22-20-5-1-2-6-21(20)23-16-29-18-30(22)23)26-7-10-27(11-8-26,12-9-26)25(32)33-17-19-4-3-13-28-15-19/h1-6,13,15-16,18,22,24-25,31-32H,7-12,14,17H2. The summed E-state index contributed by atoms with van der Waals surface area (Å²) in [5, 5.41) is 22.5. The van der Waals surface area contributed by atoms with Crippen LogP contribution in [0, 0.1) is 10.8 Å². The van der Waals surface area contributed by atoms with Gasteiger partial charge in [-0.3, -0.25) is 4.98 Å². The number of imidazole rings is 1. The summed E-state index contributed by atoms with van der Waals surface area (Å²) in [5.74, 6) is 0. The van der Waals surface area contributed by atoms with E-state index in [0.29, 0.717) is 13.0 Å². The van der Waals surface area contributed by atoms with Crippen molar-refractivity contribution in [2.45, 2.75) is 70.0 Å². The highest BCUT2D eigenvalue weighted by atomic mass is 16.6. The SMILES string of the molecule is OC(CC1c2ccccc2-c2cncn21)C12CCC(C(O)OCc3cccnc3)(CC1)CC2. The van der Waals surface area contributed by atoms with E-state index in [1.807, 2.05) is 24.7 Å². The lowest BCUT2D eigenvalue weighted by molar-refractivity contribution is -0.228. The molecule has 6 heteroatoms. The molecule has 3 atom stereocenters. The van der Waals surface area contributed by atoms with Crippen LogP contribution in [0.5, 0.6) is 0 Å². The van der Waals surface area contributed by atoms with Gasteiger partial charge in [-0.2, -0.15) is 0 Å². The van der Waals surface area contributed by atoms with Crippen LogP contribution >= 0.6 is 0 Å². The van der Waals surface area contributed by atoms with Crippen molar-refractivity contribution >= 4 is 0 Å². The van der Waals surface area contributed by atoms with Crippen molar-refractivity contribution in [3.8, 4) is 11.3 Å². The molecule has 0 amide bonds. The molecule has 3 unspecified atom stereocenters. The van der Waals surface area contributed by atoms with E-state index >= 15 is 0 Å². The number of aromatic nitrogens is 3. The van der Waals surface area contributed by atoms with Gasteiger partial charge >= 0.3 is 0 Å². The molecule has 7 rings (SSSR count). The highest BCUT2D eigenvalue weighted by Gasteiger charge is 2.55. The maximum atomic E-state index is 11.5. The Kier molecular flexibility index (Phi) is 5.13. The zero-order chi connectivity index (χ0) is 22.5. The molecule has 3 aromatic rings. The van der Waals surface area contributed by atoms with Gasteiger partial charge in [0.1, 0.15) is 0 Å². The van der Waals surface area contributed by atoms with Crippen LogP contribution in [0.15, 0.2) is 61.3 Å². The molecule has 0 radical (unpaired) electrons. The largest absolute Gasteiger partial charge is 0.392 e. The van der Waals surface area contributed by atoms with Crippen molar-refractivity contribution in [2.75, 3.05) is 0 Å². The fraction of sp³-hybridized carbons (Fsp3) is 0.481. The minimum absolute atomic E-state index is 0.0664. The maximum absolute atomic E-state index is 11.5. The average molecular weight is 446 g/mol. The Morgan fingerprint density at radius 1 is 0.939 bits per heavy atom. The summed E-state index contributed by atoms with van der Waals surface area (Å²) >= 11 is 0. The van der Waals surface area contributed by atoms with Gasteiger partial charge in [0.25, 0.3) is 0 Å². The molecular formula is C27H31N3O3. The van der Waals surface area contributed by atoms with Gasteiger partial charge < -0.3 is 19.5 Å². The number of hydrogen-bond donors (Lipinski definition) is 2. The first-order chi connectivity index (χ1) is 16.1. The van der Waals surface area contributed by atoms with Crippen LogP contribution in [-0.2, 0) is 11.3 Å². The molecule has 0 spiro atoms. The fourth-order valence-corrected chi connectivity index (χ4v) is 6.58. The van der Waals surface area contributed by atoms with Crippen molar-refractivity contribution in [3.63, 3.8) is 0 Å². The number of nitrogens with zero attached hydrogens (tertiary/aromatic N) is 3. The van der Waals surface area contributed by atoms with Crippen molar-refractivity contribution in [2.24, 2.45) is 10.8 Å². The number of fused-ring (bicyclic) bond motifs is 6. The average Bonchev–Trinajstić information content (AvgIpc) is 3.47. The van der Waals surface area contributed by atoms with Gasteiger partial charge in [0.15, 0.2) is 6.29 Å². The van der Waals surface area contributed by atoms with E-state index in [9.17, 15) is 10.2 Å². The summed E-state index contributed by atoms with van der Waals surface area (Å²) < 4.78 is 8.12. The van der Waals surface area contributed by atoms with Crippen LogP contribution in [-0.4, -0.2) is 37.1 Å².